The summed E-state index contributed by atoms with van der Waals surface area (Å²) in [4.78, 5) is 14.4. The number of rotatable bonds is 3. The second kappa shape index (κ2) is 6.48. The van der Waals surface area contributed by atoms with Gasteiger partial charge in [-0.25, -0.2) is 4.79 Å². The fourth-order valence-corrected chi connectivity index (χ4v) is 3.99. The summed E-state index contributed by atoms with van der Waals surface area (Å²) in [7, 11) is 0. The lowest BCUT2D eigenvalue weighted by Gasteiger charge is -2.39. The molecule has 3 heterocycles. The number of fused-ring (bicyclic) bond motifs is 2. The average molecular weight is 385 g/mol. The molecule has 23 heavy (non-hydrogen) atoms. The van der Waals surface area contributed by atoms with Crippen LogP contribution in [0.25, 0.3) is 0 Å². The smallest absolute Gasteiger partial charge is 0.410 e. The number of nitrogens with zero attached hydrogens (tertiary/aromatic N) is 1. The maximum atomic E-state index is 12.4. The van der Waals surface area contributed by atoms with Gasteiger partial charge in [0.25, 0.3) is 0 Å². The van der Waals surface area contributed by atoms with Crippen molar-refractivity contribution in [2.75, 3.05) is 0 Å². The van der Waals surface area contributed by atoms with Crippen LogP contribution in [0.3, 0.4) is 0 Å². The highest BCUT2D eigenvalue weighted by Gasteiger charge is 2.44. The minimum atomic E-state index is -0.433. The third kappa shape index (κ3) is 3.91. The van der Waals surface area contributed by atoms with E-state index in [1.807, 2.05) is 31.7 Å². The molecule has 2 unspecified atom stereocenters. The Morgan fingerprint density at radius 3 is 2.57 bits per heavy atom. The van der Waals surface area contributed by atoms with Crippen molar-refractivity contribution in [2.24, 2.45) is 0 Å². The number of nitrogens with one attached hydrogen (secondary N) is 1. The molecule has 0 saturated carbocycles. The molecule has 0 aromatic carbocycles. The van der Waals surface area contributed by atoms with Crippen LogP contribution in [0.2, 0.25) is 0 Å². The van der Waals surface area contributed by atoms with Gasteiger partial charge in [-0.3, -0.25) is 0 Å². The minimum absolute atomic E-state index is 0.155. The molecule has 2 aliphatic rings. The van der Waals surface area contributed by atoms with Crippen LogP contribution in [0.15, 0.2) is 21.2 Å². The third-order valence-corrected chi connectivity index (χ3v) is 5.29. The van der Waals surface area contributed by atoms with E-state index in [0.29, 0.717) is 24.7 Å². The SMILES string of the molecule is CC(C)(C)OC(=O)N1C2CCC1CC(NCc1occc1Br)C2. The minimum Gasteiger partial charge on any atom is -0.467 e. The van der Waals surface area contributed by atoms with E-state index in [0.717, 1.165) is 35.9 Å². The molecule has 1 aromatic rings. The van der Waals surface area contributed by atoms with Crippen LogP contribution in [-0.4, -0.2) is 34.7 Å². The van der Waals surface area contributed by atoms with Crippen LogP contribution in [0.5, 0.6) is 0 Å². The Balaban J connectivity index is 1.56. The number of hydrogen-bond acceptors (Lipinski definition) is 4. The van der Waals surface area contributed by atoms with E-state index < -0.39 is 5.60 Å². The van der Waals surface area contributed by atoms with Gasteiger partial charge in [-0.2, -0.15) is 0 Å². The number of amides is 1. The highest BCUT2D eigenvalue weighted by atomic mass is 79.9. The fraction of sp³-hybridized carbons (Fsp3) is 0.706. The van der Waals surface area contributed by atoms with E-state index in [9.17, 15) is 4.79 Å². The molecule has 5 nitrogen and oxygen atoms in total. The second-order valence-electron chi connectivity index (χ2n) is 7.51. The highest BCUT2D eigenvalue weighted by Crippen LogP contribution is 2.37. The van der Waals surface area contributed by atoms with Gasteiger partial charge in [0.15, 0.2) is 0 Å². The number of carbonyl (C=O) groups is 1. The van der Waals surface area contributed by atoms with Crippen molar-refractivity contribution in [3.05, 3.63) is 22.6 Å². The molecule has 2 fully saturated rings. The number of furan rings is 1. The first kappa shape index (κ1) is 16.8. The van der Waals surface area contributed by atoms with Crippen LogP contribution < -0.4 is 5.32 Å². The Bertz CT molecular complexity index is 552. The maximum absolute atomic E-state index is 12.4. The predicted octanol–water partition coefficient (Wildman–Crippen LogP) is 4.06. The Hall–Kier alpha value is -1.01. The molecule has 3 rings (SSSR count). The van der Waals surface area contributed by atoms with E-state index in [1.54, 1.807) is 6.26 Å². The monoisotopic (exact) mass is 384 g/mol. The largest absolute Gasteiger partial charge is 0.467 e. The summed E-state index contributed by atoms with van der Waals surface area (Å²) < 4.78 is 12.0. The van der Waals surface area contributed by atoms with Gasteiger partial charge in [0.1, 0.15) is 11.4 Å². The third-order valence-electron chi connectivity index (χ3n) is 4.58. The molecule has 6 heteroatoms. The second-order valence-corrected chi connectivity index (χ2v) is 8.37. The van der Waals surface area contributed by atoms with Crippen molar-refractivity contribution in [3.63, 3.8) is 0 Å². The summed E-state index contributed by atoms with van der Waals surface area (Å²) in [5.41, 5.74) is -0.433. The molecule has 2 aliphatic heterocycles. The average Bonchev–Trinajstić information content (AvgIpc) is 2.96. The highest BCUT2D eigenvalue weighted by molar-refractivity contribution is 9.10. The molecule has 2 bridgehead atoms. The van der Waals surface area contributed by atoms with E-state index >= 15 is 0 Å². The van der Waals surface area contributed by atoms with Crippen molar-refractivity contribution in [3.8, 4) is 0 Å². The summed E-state index contributed by atoms with van der Waals surface area (Å²) >= 11 is 3.48. The molecule has 1 N–H and O–H groups in total. The van der Waals surface area contributed by atoms with Gasteiger partial charge < -0.3 is 19.4 Å². The fourth-order valence-electron chi connectivity index (χ4n) is 3.64. The topological polar surface area (TPSA) is 54.7 Å². The number of carbonyl (C=O) groups excluding carboxylic acids is 1. The van der Waals surface area contributed by atoms with Crippen molar-refractivity contribution in [2.45, 2.75) is 76.7 Å². The Morgan fingerprint density at radius 1 is 1.39 bits per heavy atom. The van der Waals surface area contributed by atoms with Gasteiger partial charge >= 0.3 is 6.09 Å². The molecule has 2 saturated heterocycles. The van der Waals surface area contributed by atoms with Crippen molar-refractivity contribution in [1.82, 2.24) is 10.2 Å². The summed E-state index contributed by atoms with van der Waals surface area (Å²) in [5, 5.41) is 3.57. The van der Waals surface area contributed by atoms with Crippen molar-refractivity contribution < 1.29 is 13.9 Å². The van der Waals surface area contributed by atoms with Gasteiger partial charge in [-0.1, -0.05) is 0 Å². The van der Waals surface area contributed by atoms with Crippen LogP contribution in [-0.2, 0) is 11.3 Å². The van der Waals surface area contributed by atoms with E-state index in [4.69, 9.17) is 9.15 Å². The zero-order valence-corrected chi connectivity index (χ0v) is 15.6. The first-order chi connectivity index (χ1) is 10.8. The Kier molecular flexibility index (Phi) is 4.74. The Morgan fingerprint density at radius 2 is 2.04 bits per heavy atom. The lowest BCUT2D eigenvalue weighted by atomic mass is 9.97. The first-order valence-electron chi connectivity index (χ1n) is 8.30. The number of ether oxygens (including phenoxy) is 1. The summed E-state index contributed by atoms with van der Waals surface area (Å²) in [6.45, 7) is 6.47. The zero-order valence-electron chi connectivity index (χ0n) is 14.0. The van der Waals surface area contributed by atoms with Gasteiger partial charge in [0.2, 0.25) is 0 Å². The molecular formula is C17H25BrN2O3. The van der Waals surface area contributed by atoms with Gasteiger partial charge in [-0.15, -0.1) is 0 Å². The van der Waals surface area contributed by atoms with Crippen LogP contribution in [0.1, 0.15) is 52.2 Å². The van der Waals surface area contributed by atoms with Gasteiger partial charge in [-0.05, 0) is 68.5 Å². The van der Waals surface area contributed by atoms with Gasteiger partial charge in [0.05, 0.1) is 17.3 Å². The van der Waals surface area contributed by atoms with Crippen LogP contribution >= 0.6 is 15.9 Å². The number of halogens is 1. The first-order valence-corrected chi connectivity index (χ1v) is 9.09. The van der Waals surface area contributed by atoms with E-state index in [1.165, 1.54) is 0 Å². The summed E-state index contributed by atoms with van der Waals surface area (Å²) in [6.07, 6.45) is 5.65. The predicted molar refractivity (Wildman–Crippen MR) is 91.2 cm³/mol. The Labute approximate surface area is 145 Å². The molecule has 128 valence electrons. The number of hydrogen-bond donors (Lipinski definition) is 1. The molecule has 2 atom stereocenters. The summed E-state index contributed by atoms with van der Waals surface area (Å²) in [6, 6.07) is 2.91. The van der Waals surface area contributed by atoms with E-state index in [2.05, 4.69) is 21.2 Å². The normalized spacial score (nSPS) is 27.3. The molecule has 0 spiro atoms. The quantitative estimate of drug-likeness (QED) is 0.853. The molecule has 0 aliphatic carbocycles. The molecule has 0 radical (unpaired) electrons. The summed E-state index contributed by atoms with van der Waals surface area (Å²) in [5.74, 6) is 0.923. The van der Waals surface area contributed by atoms with Crippen LogP contribution in [0.4, 0.5) is 4.79 Å². The molecule has 1 aromatic heterocycles. The number of piperidine rings is 1. The van der Waals surface area contributed by atoms with Crippen molar-refractivity contribution >= 4 is 22.0 Å². The van der Waals surface area contributed by atoms with Crippen LogP contribution in [0, 0.1) is 0 Å². The standard InChI is InChI=1S/C17H25BrN2O3/c1-17(2,3)23-16(21)20-12-4-5-13(20)9-11(8-12)19-10-15-14(18)6-7-22-15/h6-7,11-13,19H,4-5,8-10H2,1-3H3. The zero-order chi connectivity index (χ0) is 16.6. The van der Waals surface area contributed by atoms with Crippen molar-refractivity contribution in [1.29, 1.82) is 0 Å². The molecule has 1 amide bonds. The maximum Gasteiger partial charge on any atom is 0.410 e. The molecular weight excluding hydrogens is 360 g/mol. The lowest BCUT2D eigenvalue weighted by molar-refractivity contribution is 0.00458. The van der Waals surface area contributed by atoms with E-state index in [-0.39, 0.29) is 6.09 Å². The van der Waals surface area contributed by atoms with Gasteiger partial charge in [0, 0.05) is 18.1 Å². The lowest BCUT2D eigenvalue weighted by Crippen LogP contribution is -2.52.